The molecule has 0 unspecified atom stereocenters. The standard InChI is InChI=1S/C17H17F2NO3/c1-3-22-14-9-8-11(10-15(14)23-4-2)20-17(21)16-12(18)6-5-7-13(16)19/h5-10H,3-4H2,1-2H3,(H,20,21). The van der Waals surface area contributed by atoms with Gasteiger partial charge in [-0.1, -0.05) is 6.07 Å². The van der Waals surface area contributed by atoms with Gasteiger partial charge in [0.1, 0.15) is 17.2 Å². The highest BCUT2D eigenvalue weighted by Crippen LogP contribution is 2.31. The molecule has 0 radical (unpaired) electrons. The largest absolute Gasteiger partial charge is 0.490 e. The van der Waals surface area contributed by atoms with E-state index < -0.39 is 23.1 Å². The Morgan fingerprint density at radius 1 is 1.00 bits per heavy atom. The minimum atomic E-state index is -0.918. The lowest BCUT2D eigenvalue weighted by atomic mass is 10.1. The highest BCUT2D eigenvalue weighted by atomic mass is 19.1. The smallest absolute Gasteiger partial charge is 0.261 e. The number of nitrogens with one attached hydrogen (secondary N) is 1. The summed E-state index contributed by atoms with van der Waals surface area (Å²) in [5.41, 5.74) is -0.274. The number of carbonyl (C=O) groups is 1. The van der Waals surface area contributed by atoms with Crippen molar-refractivity contribution in [1.82, 2.24) is 0 Å². The monoisotopic (exact) mass is 321 g/mol. The fourth-order valence-electron chi connectivity index (χ4n) is 2.04. The van der Waals surface area contributed by atoms with Crippen molar-refractivity contribution in [3.05, 3.63) is 53.6 Å². The summed E-state index contributed by atoms with van der Waals surface area (Å²) in [7, 11) is 0. The maximum atomic E-state index is 13.6. The van der Waals surface area contributed by atoms with Gasteiger partial charge in [-0.05, 0) is 38.1 Å². The third-order valence-corrected chi connectivity index (χ3v) is 2.99. The number of ether oxygens (including phenoxy) is 2. The Bertz CT molecular complexity index is 684. The van der Waals surface area contributed by atoms with Crippen molar-refractivity contribution in [2.45, 2.75) is 13.8 Å². The predicted molar refractivity (Wildman–Crippen MR) is 83.1 cm³/mol. The van der Waals surface area contributed by atoms with Crippen LogP contribution in [0.15, 0.2) is 36.4 Å². The Balaban J connectivity index is 2.26. The molecule has 0 heterocycles. The first kappa shape index (κ1) is 16.7. The van der Waals surface area contributed by atoms with E-state index in [-0.39, 0.29) is 0 Å². The molecule has 0 aliphatic heterocycles. The fourth-order valence-corrected chi connectivity index (χ4v) is 2.04. The maximum absolute atomic E-state index is 13.6. The van der Waals surface area contributed by atoms with Gasteiger partial charge in [-0.15, -0.1) is 0 Å². The molecule has 0 aliphatic carbocycles. The molecular formula is C17H17F2NO3. The summed E-state index contributed by atoms with van der Waals surface area (Å²) >= 11 is 0. The average Bonchev–Trinajstić information content (AvgIpc) is 2.50. The second-order valence-corrected chi connectivity index (χ2v) is 4.58. The lowest BCUT2D eigenvalue weighted by Gasteiger charge is -2.13. The second kappa shape index (κ2) is 7.58. The van der Waals surface area contributed by atoms with Gasteiger partial charge in [0.2, 0.25) is 0 Å². The molecule has 0 bridgehead atoms. The van der Waals surface area contributed by atoms with E-state index in [2.05, 4.69) is 5.32 Å². The number of halogens is 2. The summed E-state index contributed by atoms with van der Waals surface area (Å²) < 4.78 is 38.1. The van der Waals surface area contributed by atoms with Crippen molar-refractivity contribution in [2.24, 2.45) is 0 Å². The van der Waals surface area contributed by atoms with Gasteiger partial charge < -0.3 is 14.8 Å². The summed E-state index contributed by atoms with van der Waals surface area (Å²) in [5.74, 6) is -1.73. The van der Waals surface area contributed by atoms with Gasteiger partial charge in [-0.2, -0.15) is 0 Å². The van der Waals surface area contributed by atoms with E-state index >= 15 is 0 Å². The minimum Gasteiger partial charge on any atom is -0.490 e. The van der Waals surface area contributed by atoms with Crippen LogP contribution in [0.4, 0.5) is 14.5 Å². The lowest BCUT2D eigenvalue weighted by molar-refractivity contribution is 0.101. The molecule has 0 aromatic heterocycles. The molecule has 1 amide bonds. The molecule has 2 rings (SSSR count). The third kappa shape index (κ3) is 3.97. The van der Waals surface area contributed by atoms with E-state index in [4.69, 9.17) is 9.47 Å². The maximum Gasteiger partial charge on any atom is 0.261 e. The van der Waals surface area contributed by atoms with E-state index in [1.807, 2.05) is 13.8 Å². The van der Waals surface area contributed by atoms with Gasteiger partial charge in [0.25, 0.3) is 5.91 Å². The molecule has 0 spiro atoms. The Morgan fingerprint density at radius 3 is 2.22 bits per heavy atom. The Labute approximate surface area is 133 Å². The summed E-state index contributed by atoms with van der Waals surface area (Å²) in [5, 5.41) is 2.45. The second-order valence-electron chi connectivity index (χ2n) is 4.58. The summed E-state index contributed by atoms with van der Waals surface area (Å²) in [6.07, 6.45) is 0. The highest BCUT2D eigenvalue weighted by molar-refractivity contribution is 6.04. The molecule has 0 saturated carbocycles. The van der Waals surface area contributed by atoms with Gasteiger partial charge in [0, 0.05) is 11.8 Å². The summed E-state index contributed by atoms with van der Waals surface area (Å²) in [6.45, 7) is 4.54. The average molecular weight is 321 g/mol. The topological polar surface area (TPSA) is 47.6 Å². The minimum absolute atomic E-state index is 0.351. The molecule has 6 heteroatoms. The molecule has 0 aliphatic rings. The molecule has 1 N–H and O–H groups in total. The van der Waals surface area contributed by atoms with E-state index in [1.54, 1.807) is 18.2 Å². The van der Waals surface area contributed by atoms with Crippen LogP contribution < -0.4 is 14.8 Å². The van der Waals surface area contributed by atoms with Crippen LogP contribution in [-0.2, 0) is 0 Å². The lowest BCUT2D eigenvalue weighted by Crippen LogP contribution is -2.16. The van der Waals surface area contributed by atoms with Crippen LogP contribution in [-0.4, -0.2) is 19.1 Å². The number of hydrogen-bond donors (Lipinski definition) is 1. The van der Waals surface area contributed by atoms with Crippen LogP contribution in [0, 0.1) is 11.6 Å². The fraction of sp³-hybridized carbons (Fsp3) is 0.235. The first-order valence-electron chi connectivity index (χ1n) is 7.21. The molecule has 0 saturated heterocycles. The van der Waals surface area contributed by atoms with Crippen molar-refractivity contribution in [3.63, 3.8) is 0 Å². The van der Waals surface area contributed by atoms with E-state index in [1.165, 1.54) is 6.07 Å². The van der Waals surface area contributed by atoms with Crippen LogP contribution in [0.3, 0.4) is 0 Å². The molecule has 0 fully saturated rings. The van der Waals surface area contributed by atoms with Crippen LogP contribution in [0.2, 0.25) is 0 Å². The molecular weight excluding hydrogens is 304 g/mol. The molecule has 0 atom stereocenters. The Kier molecular flexibility index (Phi) is 5.51. The zero-order chi connectivity index (χ0) is 16.8. The molecule has 122 valence electrons. The van der Waals surface area contributed by atoms with E-state index in [0.29, 0.717) is 30.4 Å². The van der Waals surface area contributed by atoms with Crippen molar-refractivity contribution < 1.29 is 23.0 Å². The van der Waals surface area contributed by atoms with Crippen LogP contribution in [0.1, 0.15) is 24.2 Å². The van der Waals surface area contributed by atoms with Gasteiger partial charge >= 0.3 is 0 Å². The quantitative estimate of drug-likeness (QED) is 0.874. The normalized spacial score (nSPS) is 10.3. The zero-order valence-electron chi connectivity index (χ0n) is 12.9. The first-order chi connectivity index (χ1) is 11.1. The van der Waals surface area contributed by atoms with Gasteiger partial charge in [-0.25, -0.2) is 8.78 Å². The molecule has 4 nitrogen and oxygen atoms in total. The first-order valence-corrected chi connectivity index (χ1v) is 7.21. The number of anilines is 1. The van der Waals surface area contributed by atoms with Crippen molar-refractivity contribution >= 4 is 11.6 Å². The van der Waals surface area contributed by atoms with Crippen molar-refractivity contribution in [2.75, 3.05) is 18.5 Å². The SMILES string of the molecule is CCOc1ccc(NC(=O)c2c(F)cccc2F)cc1OCC. The number of carbonyl (C=O) groups excluding carboxylic acids is 1. The summed E-state index contributed by atoms with van der Waals surface area (Å²) in [4.78, 5) is 12.1. The van der Waals surface area contributed by atoms with Gasteiger partial charge in [0.15, 0.2) is 11.5 Å². The summed E-state index contributed by atoms with van der Waals surface area (Å²) in [6, 6.07) is 8.01. The van der Waals surface area contributed by atoms with Crippen LogP contribution in [0.25, 0.3) is 0 Å². The highest BCUT2D eigenvalue weighted by Gasteiger charge is 2.17. The molecule has 23 heavy (non-hydrogen) atoms. The molecule has 2 aromatic rings. The predicted octanol–water partition coefficient (Wildman–Crippen LogP) is 4.01. The number of benzene rings is 2. The molecule has 2 aromatic carbocycles. The van der Waals surface area contributed by atoms with Crippen LogP contribution >= 0.6 is 0 Å². The number of hydrogen-bond acceptors (Lipinski definition) is 3. The van der Waals surface area contributed by atoms with E-state index in [0.717, 1.165) is 12.1 Å². The van der Waals surface area contributed by atoms with Gasteiger partial charge in [-0.3, -0.25) is 4.79 Å². The number of rotatable bonds is 6. The van der Waals surface area contributed by atoms with Gasteiger partial charge in [0.05, 0.1) is 13.2 Å². The van der Waals surface area contributed by atoms with Crippen molar-refractivity contribution in [3.8, 4) is 11.5 Å². The number of amides is 1. The van der Waals surface area contributed by atoms with E-state index in [9.17, 15) is 13.6 Å². The Hall–Kier alpha value is -2.63. The van der Waals surface area contributed by atoms with Crippen molar-refractivity contribution in [1.29, 1.82) is 0 Å². The Morgan fingerprint density at radius 2 is 1.61 bits per heavy atom. The van der Waals surface area contributed by atoms with Crippen LogP contribution in [0.5, 0.6) is 11.5 Å². The zero-order valence-corrected chi connectivity index (χ0v) is 12.9. The third-order valence-electron chi connectivity index (χ3n) is 2.99.